The molecule has 1 aromatic rings. The third-order valence-electron chi connectivity index (χ3n) is 4.25. The molecule has 0 fully saturated rings. The highest BCUT2D eigenvalue weighted by Crippen LogP contribution is 2.27. The van der Waals surface area contributed by atoms with E-state index in [1.807, 2.05) is 0 Å². The average Bonchev–Trinajstić information content (AvgIpc) is 2.52. The Morgan fingerprint density at radius 2 is 2.00 bits per heavy atom. The van der Waals surface area contributed by atoms with Crippen LogP contribution in [0.4, 0.5) is 5.69 Å². The lowest BCUT2D eigenvalue weighted by Crippen LogP contribution is -2.28. The highest BCUT2D eigenvalue weighted by atomic mass is 15.1. The van der Waals surface area contributed by atoms with Crippen molar-refractivity contribution in [3.05, 3.63) is 29.3 Å². The van der Waals surface area contributed by atoms with E-state index in [-0.39, 0.29) is 0 Å². The number of hydrogen-bond acceptors (Lipinski definition) is 2. The summed E-state index contributed by atoms with van der Waals surface area (Å²) in [5, 5.41) is 3.29. The molecule has 1 aliphatic rings. The first-order valence-electron chi connectivity index (χ1n) is 8.14. The van der Waals surface area contributed by atoms with E-state index >= 15 is 0 Å². The Morgan fingerprint density at radius 1 is 1.24 bits per heavy atom. The third-order valence-corrected chi connectivity index (χ3v) is 4.25. The van der Waals surface area contributed by atoms with Crippen LogP contribution in [-0.2, 0) is 12.8 Å². The Hall–Kier alpha value is -1.55. The van der Waals surface area contributed by atoms with Crippen LogP contribution in [0.3, 0.4) is 0 Å². The van der Waals surface area contributed by atoms with Gasteiger partial charge in [0, 0.05) is 12.2 Å². The molecule has 2 rings (SSSR count). The fraction of sp³-hybridized carbons (Fsp3) is 0.588. The zero-order chi connectivity index (χ0) is 15.1. The van der Waals surface area contributed by atoms with E-state index in [1.165, 1.54) is 30.4 Å². The van der Waals surface area contributed by atoms with Crippen molar-refractivity contribution in [1.82, 2.24) is 4.90 Å². The van der Waals surface area contributed by atoms with Gasteiger partial charge in [0.05, 0.1) is 6.54 Å². The summed E-state index contributed by atoms with van der Waals surface area (Å²) in [5.41, 5.74) is 10.0. The van der Waals surface area contributed by atoms with Gasteiger partial charge in [0.15, 0.2) is 5.96 Å². The van der Waals surface area contributed by atoms with Crippen LogP contribution in [0.15, 0.2) is 23.2 Å². The largest absolute Gasteiger partial charge is 0.370 e. The number of guanidine groups is 1. The minimum Gasteiger partial charge on any atom is -0.370 e. The van der Waals surface area contributed by atoms with Gasteiger partial charge in [-0.2, -0.15) is 0 Å². The summed E-state index contributed by atoms with van der Waals surface area (Å²) >= 11 is 0. The molecule has 0 bridgehead atoms. The summed E-state index contributed by atoms with van der Waals surface area (Å²) < 4.78 is 0. The van der Waals surface area contributed by atoms with E-state index in [2.05, 4.69) is 47.3 Å². The lowest BCUT2D eigenvalue weighted by molar-refractivity contribution is 0.313. The van der Waals surface area contributed by atoms with Gasteiger partial charge in [-0.25, -0.2) is 0 Å². The van der Waals surface area contributed by atoms with Crippen molar-refractivity contribution in [2.75, 3.05) is 31.5 Å². The number of aliphatic imine (C=N–C) groups is 1. The van der Waals surface area contributed by atoms with Crippen LogP contribution in [0.25, 0.3) is 0 Å². The van der Waals surface area contributed by atoms with E-state index in [0.29, 0.717) is 5.96 Å². The van der Waals surface area contributed by atoms with Crippen LogP contribution < -0.4 is 11.1 Å². The summed E-state index contributed by atoms with van der Waals surface area (Å²) in [5.74, 6) is 0.529. The number of aryl methyl sites for hydroxylation is 1. The number of nitrogens with zero attached hydrogens (tertiary/aromatic N) is 2. The monoisotopic (exact) mass is 288 g/mol. The number of likely N-dealkylation sites (N-methyl/N-ethyl adjacent to an activating group) is 1. The number of rotatable bonds is 6. The smallest absolute Gasteiger partial charge is 0.193 e. The molecule has 0 aliphatic heterocycles. The predicted octanol–water partition coefficient (Wildman–Crippen LogP) is 2.63. The van der Waals surface area contributed by atoms with Gasteiger partial charge in [-0.15, -0.1) is 0 Å². The minimum atomic E-state index is 0.529. The third kappa shape index (κ3) is 4.46. The predicted molar refractivity (Wildman–Crippen MR) is 91.0 cm³/mol. The van der Waals surface area contributed by atoms with Crippen molar-refractivity contribution < 1.29 is 0 Å². The maximum Gasteiger partial charge on any atom is 0.193 e. The fourth-order valence-electron chi connectivity index (χ4n) is 2.93. The summed E-state index contributed by atoms with van der Waals surface area (Å²) in [6.45, 7) is 8.17. The van der Waals surface area contributed by atoms with E-state index < -0.39 is 0 Å². The van der Waals surface area contributed by atoms with Crippen LogP contribution >= 0.6 is 0 Å². The Morgan fingerprint density at radius 3 is 2.76 bits per heavy atom. The van der Waals surface area contributed by atoms with E-state index in [4.69, 9.17) is 5.73 Å². The van der Waals surface area contributed by atoms with Gasteiger partial charge in [0.1, 0.15) is 0 Å². The lowest BCUT2D eigenvalue weighted by Gasteiger charge is -2.20. The molecule has 1 aliphatic carbocycles. The standard InChI is InChI=1S/C17H28N4/c1-3-21(4-2)13-12-19-17(18)20-16-11-7-9-14-8-5-6-10-15(14)16/h7,9,11H,3-6,8,10,12-13H2,1-2H3,(H3,18,19,20). The van der Waals surface area contributed by atoms with Gasteiger partial charge in [0.25, 0.3) is 0 Å². The molecule has 4 nitrogen and oxygen atoms in total. The number of nitrogens with one attached hydrogen (secondary N) is 1. The first-order valence-corrected chi connectivity index (χ1v) is 8.14. The minimum absolute atomic E-state index is 0.529. The van der Waals surface area contributed by atoms with Crippen LogP contribution in [0.1, 0.15) is 37.8 Å². The summed E-state index contributed by atoms with van der Waals surface area (Å²) in [4.78, 5) is 6.79. The molecule has 21 heavy (non-hydrogen) atoms. The number of anilines is 1. The summed E-state index contributed by atoms with van der Waals surface area (Å²) in [7, 11) is 0. The van der Waals surface area contributed by atoms with Crippen molar-refractivity contribution in [1.29, 1.82) is 0 Å². The first kappa shape index (κ1) is 15.8. The molecule has 0 amide bonds. The second-order valence-corrected chi connectivity index (χ2v) is 5.57. The van der Waals surface area contributed by atoms with Gasteiger partial charge in [-0.3, -0.25) is 4.99 Å². The molecule has 0 unspecified atom stereocenters. The average molecular weight is 288 g/mol. The summed E-state index contributed by atoms with van der Waals surface area (Å²) in [6.07, 6.45) is 4.89. The molecule has 0 heterocycles. The molecular formula is C17H28N4. The van der Waals surface area contributed by atoms with E-state index in [1.54, 1.807) is 0 Å². The van der Waals surface area contributed by atoms with Crippen LogP contribution in [0.2, 0.25) is 0 Å². The number of fused-ring (bicyclic) bond motifs is 1. The Labute approximate surface area is 128 Å². The van der Waals surface area contributed by atoms with Gasteiger partial charge in [-0.1, -0.05) is 26.0 Å². The molecule has 0 aromatic heterocycles. The van der Waals surface area contributed by atoms with Crippen molar-refractivity contribution >= 4 is 11.6 Å². The molecular weight excluding hydrogens is 260 g/mol. The second-order valence-electron chi connectivity index (χ2n) is 5.57. The van der Waals surface area contributed by atoms with Gasteiger partial charge < -0.3 is 16.0 Å². The Bertz CT molecular complexity index is 478. The number of nitrogens with two attached hydrogens (primary N) is 1. The highest BCUT2D eigenvalue weighted by molar-refractivity contribution is 5.93. The number of benzene rings is 1. The van der Waals surface area contributed by atoms with Gasteiger partial charge in [0.2, 0.25) is 0 Å². The molecule has 3 N–H and O–H groups in total. The fourth-order valence-corrected chi connectivity index (χ4v) is 2.93. The topological polar surface area (TPSA) is 53.6 Å². The van der Waals surface area contributed by atoms with Gasteiger partial charge >= 0.3 is 0 Å². The molecule has 0 saturated carbocycles. The van der Waals surface area contributed by atoms with Crippen LogP contribution in [0.5, 0.6) is 0 Å². The molecule has 0 spiro atoms. The normalized spacial score (nSPS) is 15.1. The zero-order valence-corrected chi connectivity index (χ0v) is 13.4. The highest BCUT2D eigenvalue weighted by Gasteiger charge is 2.13. The molecule has 116 valence electrons. The van der Waals surface area contributed by atoms with E-state index in [9.17, 15) is 0 Å². The first-order chi connectivity index (χ1) is 10.2. The lowest BCUT2D eigenvalue weighted by atomic mass is 9.90. The van der Waals surface area contributed by atoms with Crippen LogP contribution in [0, 0.1) is 0 Å². The van der Waals surface area contributed by atoms with Crippen LogP contribution in [-0.4, -0.2) is 37.0 Å². The quantitative estimate of drug-likeness (QED) is 0.625. The molecule has 4 heteroatoms. The zero-order valence-electron chi connectivity index (χ0n) is 13.4. The maximum absolute atomic E-state index is 6.03. The number of hydrogen-bond donors (Lipinski definition) is 2. The Balaban J connectivity index is 1.95. The van der Waals surface area contributed by atoms with Gasteiger partial charge in [-0.05, 0) is 56.0 Å². The van der Waals surface area contributed by atoms with Crippen molar-refractivity contribution in [3.63, 3.8) is 0 Å². The Kier molecular flexibility index (Phi) is 6.05. The summed E-state index contributed by atoms with van der Waals surface area (Å²) in [6, 6.07) is 6.44. The molecule has 1 aromatic carbocycles. The molecule has 0 radical (unpaired) electrons. The van der Waals surface area contributed by atoms with Crippen molar-refractivity contribution in [3.8, 4) is 0 Å². The van der Waals surface area contributed by atoms with Crippen molar-refractivity contribution in [2.45, 2.75) is 39.5 Å². The second kappa shape index (κ2) is 8.03. The van der Waals surface area contributed by atoms with E-state index in [0.717, 1.165) is 38.3 Å². The maximum atomic E-state index is 6.03. The SMILES string of the molecule is CCN(CC)CCN=C(N)Nc1cccc2c1CCCC2. The molecule has 0 saturated heterocycles. The molecule has 0 atom stereocenters. The van der Waals surface area contributed by atoms with Crippen molar-refractivity contribution in [2.24, 2.45) is 10.7 Å².